The molecule has 0 aliphatic rings. The smallest absolute Gasteiger partial charge is 0.167 e. The molecule has 11 rings (SSSR count). The van der Waals surface area contributed by atoms with E-state index in [4.69, 9.17) is 27.9 Å². The second-order valence-corrected chi connectivity index (χ2v) is 13.3. The van der Waals surface area contributed by atoms with Crippen molar-refractivity contribution in [2.45, 2.75) is 0 Å². The second kappa shape index (κ2) is 10.9. The standard InChI is InChI=1S/C45H25N3O2S/c1-2-10-26(11-3-1)43-46-44(48-45(47-43)35-17-9-15-33-30-12-4-7-19-38(30)50-41(33)35)28-20-22-32-34-16-8-14-29(42(34)51-40(32)25-28)27-21-23-39-36(24-27)31-13-5-6-18-37(31)49-39/h1-25H/i8D,14D,16D,20D,22D,25D. The Hall–Kier alpha value is -6.63. The molecule has 51 heavy (non-hydrogen) atoms. The van der Waals surface area contributed by atoms with Gasteiger partial charge in [0.1, 0.15) is 22.3 Å². The van der Waals surface area contributed by atoms with Crippen LogP contribution in [0.25, 0.3) is 109 Å². The summed E-state index contributed by atoms with van der Waals surface area (Å²) in [5, 5.41) is 4.06. The molecule has 5 nitrogen and oxygen atoms in total. The lowest BCUT2D eigenvalue weighted by Gasteiger charge is -2.09. The maximum absolute atomic E-state index is 9.65. The van der Waals surface area contributed by atoms with Crippen LogP contribution in [0.15, 0.2) is 160 Å². The van der Waals surface area contributed by atoms with Crippen molar-refractivity contribution in [1.29, 1.82) is 0 Å². The van der Waals surface area contributed by atoms with Crippen LogP contribution in [0.5, 0.6) is 0 Å². The minimum atomic E-state index is -0.301. The van der Waals surface area contributed by atoms with Gasteiger partial charge in [0.2, 0.25) is 0 Å². The van der Waals surface area contributed by atoms with Crippen molar-refractivity contribution in [3.63, 3.8) is 0 Å². The first-order valence-corrected chi connectivity index (χ1v) is 17.2. The van der Waals surface area contributed by atoms with Gasteiger partial charge in [-0.1, -0.05) is 115 Å². The minimum absolute atomic E-state index is 0.0354. The Balaban J connectivity index is 1.18. The Morgan fingerprint density at radius 3 is 2.04 bits per heavy atom. The van der Waals surface area contributed by atoms with Crippen molar-refractivity contribution in [1.82, 2.24) is 15.0 Å². The van der Waals surface area contributed by atoms with Gasteiger partial charge in [-0.2, -0.15) is 0 Å². The number of thiophene rings is 1. The van der Waals surface area contributed by atoms with Crippen molar-refractivity contribution in [2.24, 2.45) is 0 Å². The molecule has 0 saturated heterocycles. The van der Waals surface area contributed by atoms with Crippen LogP contribution in [0.3, 0.4) is 0 Å². The molecule has 4 aromatic heterocycles. The summed E-state index contributed by atoms with van der Waals surface area (Å²) in [5.41, 5.74) is 5.10. The number of fused-ring (bicyclic) bond motifs is 9. The van der Waals surface area contributed by atoms with Crippen LogP contribution in [0, 0.1) is 0 Å². The van der Waals surface area contributed by atoms with Gasteiger partial charge in [0.25, 0.3) is 0 Å². The summed E-state index contributed by atoms with van der Waals surface area (Å²) < 4.78 is 68.7. The van der Waals surface area contributed by atoms with E-state index in [1.165, 1.54) is 11.3 Å². The number of benzene rings is 7. The molecule has 0 N–H and O–H groups in total. The van der Waals surface area contributed by atoms with E-state index in [2.05, 4.69) is 0 Å². The van der Waals surface area contributed by atoms with E-state index in [9.17, 15) is 4.11 Å². The molecule has 0 radical (unpaired) electrons. The van der Waals surface area contributed by atoms with E-state index in [1.807, 2.05) is 115 Å². The number of furan rings is 2. The number of hydrogen-bond acceptors (Lipinski definition) is 6. The SMILES string of the molecule is [2H]c1c([2H])c([2H])c2c(sc3c([2H])c(-c4nc(-c5ccccc5)nc(-c5cccc6c5oc5ccccc56)n4)c([2H])c([2H])c32)c1-c1ccc2oc3ccccc3c2c1. The highest BCUT2D eigenvalue weighted by Crippen LogP contribution is 2.43. The number of nitrogens with zero attached hydrogens (tertiary/aromatic N) is 3. The zero-order chi connectivity index (χ0) is 38.7. The van der Waals surface area contributed by atoms with Crippen LogP contribution in [-0.4, -0.2) is 15.0 Å². The van der Waals surface area contributed by atoms with E-state index in [0.717, 1.165) is 27.1 Å². The Morgan fingerprint density at radius 2 is 1.18 bits per heavy atom. The molecule has 238 valence electrons. The summed E-state index contributed by atoms with van der Waals surface area (Å²) in [4.78, 5) is 14.6. The maximum Gasteiger partial charge on any atom is 0.167 e. The molecule has 6 heteroatoms. The molecule has 11 aromatic rings. The van der Waals surface area contributed by atoms with Gasteiger partial charge in [-0.3, -0.25) is 0 Å². The molecule has 0 bridgehead atoms. The van der Waals surface area contributed by atoms with E-state index in [-0.39, 0.29) is 64.2 Å². The third-order valence-electron chi connectivity index (χ3n) is 9.26. The van der Waals surface area contributed by atoms with Crippen LogP contribution >= 0.6 is 11.3 Å². The third-order valence-corrected chi connectivity index (χ3v) is 10.4. The quantitative estimate of drug-likeness (QED) is 0.185. The molecule has 7 aromatic carbocycles. The molecular formula is C45H25N3O2S. The lowest BCUT2D eigenvalue weighted by Crippen LogP contribution is -2.00. The monoisotopic (exact) mass is 677 g/mol. The van der Waals surface area contributed by atoms with Gasteiger partial charge in [-0.15, -0.1) is 11.3 Å². The average molecular weight is 678 g/mol. The van der Waals surface area contributed by atoms with Gasteiger partial charge in [-0.05, 0) is 47.5 Å². The fourth-order valence-electron chi connectivity index (χ4n) is 6.86. The summed E-state index contributed by atoms with van der Waals surface area (Å²) >= 11 is 1.17. The highest BCUT2D eigenvalue weighted by atomic mass is 32.1. The molecule has 4 heterocycles. The van der Waals surface area contributed by atoms with Gasteiger partial charge in [0, 0.05) is 52.8 Å². The fraction of sp³-hybridized carbons (Fsp3) is 0. The summed E-state index contributed by atoms with van der Waals surface area (Å²) in [6, 6.07) is 34.9. The van der Waals surface area contributed by atoms with E-state index < -0.39 is 0 Å². The van der Waals surface area contributed by atoms with Crippen molar-refractivity contribution in [2.75, 3.05) is 0 Å². The second-order valence-electron chi connectivity index (χ2n) is 12.3. The van der Waals surface area contributed by atoms with Crippen molar-refractivity contribution in [3.05, 3.63) is 152 Å². The van der Waals surface area contributed by atoms with Gasteiger partial charge in [0.05, 0.1) is 13.8 Å². The molecule has 0 aliphatic carbocycles. The van der Waals surface area contributed by atoms with Crippen LogP contribution in [0.2, 0.25) is 0 Å². The molecule has 0 atom stereocenters. The molecule has 0 unspecified atom stereocenters. The van der Waals surface area contributed by atoms with Crippen LogP contribution < -0.4 is 0 Å². The summed E-state index contributed by atoms with van der Waals surface area (Å²) in [6.45, 7) is 0. The number of hydrogen-bond donors (Lipinski definition) is 0. The number of para-hydroxylation sites is 3. The zero-order valence-corrected chi connectivity index (χ0v) is 27.4. The average Bonchev–Trinajstić information content (AvgIpc) is 3.94. The third kappa shape index (κ3) is 4.43. The van der Waals surface area contributed by atoms with Gasteiger partial charge >= 0.3 is 0 Å². The first-order chi connectivity index (χ1) is 27.8. The normalized spacial score (nSPS) is 13.6. The Bertz CT molecular complexity index is 3510. The first-order valence-electron chi connectivity index (χ1n) is 19.4. The maximum atomic E-state index is 9.65. The fourth-order valence-corrected chi connectivity index (χ4v) is 8.00. The molecular weight excluding hydrogens is 647 g/mol. The largest absolute Gasteiger partial charge is 0.456 e. The van der Waals surface area contributed by atoms with E-state index in [1.54, 1.807) is 0 Å². The predicted octanol–water partition coefficient (Wildman–Crippen LogP) is 12.7. The van der Waals surface area contributed by atoms with E-state index >= 15 is 0 Å². The lowest BCUT2D eigenvalue weighted by atomic mass is 10.0. The molecule has 0 aliphatic heterocycles. The summed E-state index contributed by atoms with van der Waals surface area (Å²) in [6.07, 6.45) is 0. The zero-order valence-electron chi connectivity index (χ0n) is 32.5. The minimum Gasteiger partial charge on any atom is -0.456 e. The van der Waals surface area contributed by atoms with Crippen LogP contribution in [0.4, 0.5) is 0 Å². The Labute approximate surface area is 303 Å². The van der Waals surface area contributed by atoms with Crippen molar-refractivity contribution in [3.8, 4) is 45.3 Å². The Morgan fingerprint density at radius 1 is 0.471 bits per heavy atom. The van der Waals surface area contributed by atoms with Gasteiger partial charge in [0.15, 0.2) is 17.5 Å². The highest BCUT2D eigenvalue weighted by Gasteiger charge is 2.19. The van der Waals surface area contributed by atoms with Crippen LogP contribution in [0.1, 0.15) is 8.22 Å². The lowest BCUT2D eigenvalue weighted by molar-refractivity contribution is 0.669. The molecule has 0 saturated carbocycles. The van der Waals surface area contributed by atoms with Crippen molar-refractivity contribution < 1.29 is 17.1 Å². The van der Waals surface area contributed by atoms with Gasteiger partial charge < -0.3 is 8.83 Å². The van der Waals surface area contributed by atoms with E-state index in [0.29, 0.717) is 54.2 Å². The molecule has 0 amide bonds. The number of aromatic nitrogens is 3. The molecule has 0 fully saturated rings. The van der Waals surface area contributed by atoms with Gasteiger partial charge in [-0.25, -0.2) is 15.0 Å². The predicted molar refractivity (Wildman–Crippen MR) is 209 cm³/mol. The van der Waals surface area contributed by atoms with Crippen molar-refractivity contribution >= 4 is 75.4 Å². The summed E-state index contributed by atoms with van der Waals surface area (Å²) in [5.74, 6) is 0.641. The molecule has 0 spiro atoms. The topological polar surface area (TPSA) is 65.0 Å². The Kier molecular flexibility index (Phi) is 4.91. The number of rotatable bonds is 4. The summed E-state index contributed by atoms with van der Waals surface area (Å²) in [7, 11) is 0. The van der Waals surface area contributed by atoms with Crippen LogP contribution in [-0.2, 0) is 0 Å². The first kappa shape index (κ1) is 22.9. The highest BCUT2D eigenvalue weighted by molar-refractivity contribution is 7.26.